The van der Waals surface area contributed by atoms with Gasteiger partial charge in [0.25, 0.3) is 5.56 Å². The van der Waals surface area contributed by atoms with Crippen LogP contribution in [0.15, 0.2) is 10.9 Å². The molecular weight excluding hydrogens is 254 g/mol. The average Bonchev–Trinajstić information content (AvgIpc) is 2.77. The van der Waals surface area contributed by atoms with E-state index in [1.165, 1.54) is 10.4 Å². The van der Waals surface area contributed by atoms with Crippen LogP contribution < -0.4 is 5.56 Å². The largest absolute Gasteiger partial charge is 0.311 e. The third-order valence-corrected chi connectivity index (χ3v) is 5.06. The first-order valence-corrected chi connectivity index (χ1v) is 7.59. The van der Waals surface area contributed by atoms with Crippen LogP contribution in [0.1, 0.15) is 30.8 Å². The summed E-state index contributed by atoms with van der Waals surface area (Å²) in [6, 6.07) is 1.46. The summed E-state index contributed by atoms with van der Waals surface area (Å²) in [7, 11) is -3.14. The van der Waals surface area contributed by atoms with Crippen LogP contribution in [0.5, 0.6) is 0 Å². The van der Waals surface area contributed by atoms with E-state index in [1.807, 2.05) is 0 Å². The first kappa shape index (κ1) is 13.2. The molecule has 2 heterocycles. The molecule has 0 bridgehead atoms. The Morgan fingerprint density at radius 3 is 2.89 bits per heavy atom. The van der Waals surface area contributed by atoms with Gasteiger partial charge in [-0.2, -0.15) is 0 Å². The molecule has 6 nitrogen and oxygen atoms in total. The molecule has 1 fully saturated rings. The minimum atomic E-state index is -3.14. The highest BCUT2D eigenvalue weighted by Gasteiger charge is 2.31. The average molecular weight is 271 g/mol. The molecule has 1 atom stereocenters. The van der Waals surface area contributed by atoms with Gasteiger partial charge in [-0.05, 0) is 20.3 Å². The summed E-state index contributed by atoms with van der Waals surface area (Å²) in [5.74, 6) is 0.697. The van der Waals surface area contributed by atoms with Crippen LogP contribution in [-0.4, -0.2) is 41.5 Å². The highest BCUT2D eigenvalue weighted by molar-refractivity contribution is 7.89. The predicted octanol–water partition coefficient (Wildman–Crippen LogP) is 0.217. The Morgan fingerprint density at radius 1 is 1.56 bits per heavy atom. The van der Waals surface area contributed by atoms with Crippen molar-refractivity contribution in [3.8, 4) is 0 Å². The SMILES string of the molecule is CCS(=O)(=O)N1CC[C@H](c2cc(=O)[nH]c(C)n2)C1. The summed E-state index contributed by atoms with van der Waals surface area (Å²) in [4.78, 5) is 18.2. The molecule has 0 aromatic carbocycles. The molecule has 1 aromatic rings. The maximum atomic E-state index is 11.7. The molecule has 0 radical (unpaired) electrons. The Balaban J connectivity index is 2.21. The van der Waals surface area contributed by atoms with E-state index < -0.39 is 10.0 Å². The van der Waals surface area contributed by atoms with Gasteiger partial charge in [0.05, 0.1) is 11.4 Å². The maximum absolute atomic E-state index is 11.7. The van der Waals surface area contributed by atoms with E-state index in [2.05, 4.69) is 9.97 Å². The van der Waals surface area contributed by atoms with E-state index in [9.17, 15) is 13.2 Å². The van der Waals surface area contributed by atoms with E-state index in [-0.39, 0.29) is 17.2 Å². The van der Waals surface area contributed by atoms with Crippen LogP contribution >= 0.6 is 0 Å². The molecule has 1 aliphatic heterocycles. The standard InChI is InChI=1S/C11H17N3O3S/c1-3-18(16,17)14-5-4-9(7-14)10-6-11(15)13-8(2)12-10/h6,9H,3-5,7H2,1-2H3,(H,12,13,15)/t9-/m0/s1. The molecule has 0 amide bonds. The second-order valence-corrected chi connectivity index (χ2v) is 6.76. The number of hydrogen-bond acceptors (Lipinski definition) is 4. The lowest BCUT2D eigenvalue weighted by Gasteiger charge is -2.15. The van der Waals surface area contributed by atoms with Crippen LogP contribution in [0.3, 0.4) is 0 Å². The van der Waals surface area contributed by atoms with Gasteiger partial charge in [-0.15, -0.1) is 0 Å². The second-order valence-electron chi connectivity index (χ2n) is 4.50. The lowest BCUT2D eigenvalue weighted by molar-refractivity contribution is 0.473. The number of H-pyrrole nitrogens is 1. The minimum Gasteiger partial charge on any atom is -0.311 e. The lowest BCUT2D eigenvalue weighted by atomic mass is 10.1. The van der Waals surface area contributed by atoms with E-state index in [4.69, 9.17) is 0 Å². The molecule has 1 saturated heterocycles. The summed E-state index contributed by atoms with van der Waals surface area (Å²) in [5.41, 5.74) is 0.499. The summed E-state index contributed by atoms with van der Waals surface area (Å²) in [6.07, 6.45) is 0.717. The van der Waals surface area contributed by atoms with Crippen LogP contribution in [0.2, 0.25) is 0 Å². The van der Waals surface area contributed by atoms with Crippen molar-refractivity contribution in [1.29, 1.82) is 0 Å². The van der Waals surface area contributed by atoms with E-state index in [0.29, 0.717) is 24.6 Å². The smallest absolute Gasteiger partial charge is 0.251 e. The van der Waals surface area contributed by atoms with Crippen molar-refractivity contribution in [2.24, 2.45) is 0 Å². The molecule has 18 heavy (non-hydrogen) atoms. The summed E-state index contributed by atoms with van der Waals surface area (Å²) < 4.78 is 25.0. The second kappa shape index (κ2) is 4.81. The quantitative estimate of drug-likeness (QED) is 0.852. The zero-order valence-electron chi connectivity index (χ0n) is 10.5. The molecule has 0 spiro atoms. The van der Waals surface area contributed by atoms with Gasteiger partial charge in [0.1, 0.15) is 5.82 Å². The number of nitrogens with zero attached hydrogens (tertiary/aromatic N) is 2. The summed E-state index contributed by atoms with van der Waals surface area (Å²) >= 11 is 0. The Kier molecular flexibility index (Phi) is 3.54. The van der Waals surface area contributed by atoms with Crippen molar-refractivity contribution >= 4 is 10.0 Å². The van der Waals surface area contributed by atoms with Crippen molar-refractivity contribution in [3.05, 3.63) is 27.9 Å². The predicted molar refractivity (Wildman–Crippen MR) is 68.0 cm³/mol. The first-order chi connectivity index (χ1) is 8.42. The van der Waals surface area contributed by atoms with Crippen LogP contribution in [0.25, 0.3) is 0 Å². The Labute approximate surface area is 106 Å². The molecule has 100 valence electrons. The fraction of sp³-hybridized carbons (Fsp3) is 0.636. The molecule has 1 N–H and O–H groups in total. The zero-order chi connectivity index (χ0) is 13.3. The highest BCUT2D eigenvalue weighted by Crippen LogP contribution is 2.27. The Hall–Kier alpha value is -1.21. The normalized spacial score (nSPS) is 21.3. The van der Waals surface area contributed by atoms with Gasteiger partial charge in [0, 0.05) is 25.1 Å². The monoisotopic (exact) mass is 271 g/mol. The Morgan fingerprint density at radius 2 is 2.28 bits per heavy atom. The fourth-order valence-electron chi connectivity index (χ4n) is 2.22. The molecule has 0 unspecified atom stereocenters. The maximum Gasteiger partial charge on any atom is 0.251 e. The number of aromatic amines is 1. The highest BCUT2D eigenvalue weighted by atomic mass is 32.2. The van der Waals surface area contributed by atoms with Crippen LogP contribution in [-0.2, 0) is 10.0 Å². The molecule has 7 heteroatoms. The first-order valence-electron chi connectivity index (χ1n) is 5.98. The summed E-state index contributed by atoms with van der Waals surface area (Å²) in [5, 5.41) is 0. The van der Waals surface area contributed by atoms with Gasteiger partial charge in [-0.1, -0.05) is 0 Å². The van der Waals surface area contributed by atoms with Gasteiger partial charge in [0.2, 0.25) is 10.0 Å². The van der Waals surface area contributed by atoms with Gasteiger partial charge < -0.3 is 4.98 Å². The number of nitrogens with one attached hydrogen (secondary N) is 1. The van der Waals surface area contributed by atoms with Crippen LogP contribution in [0, 0.1) is 6.92 Å². The van der Waals surface area contributed by atoms with Crippen molar-refractivity contribution < 1.29 is 8.42 Å². The molecule has 0 aliphatic carbocycles. The van der Waals surface area contributed by atoms with E-state index in [0.717, 1.165) is 6.42 Å². The molecule has 0 saturated carbocycles. The van der Waals surface area contributed by atoms with Crippen molar-refractivity contribution in [1.82, 2.24) is 14.3 Å². The number of rotatable bonds is 3. The number of aromatic nitrogens is 2. The van der Waals surface area contributed by atoms with E-state index >= 15 is 0 Å². The van der Waals surface area contributed by atoms with Gasteiger partial charge in [-0.25, -0.2) is 17.7 Å². The Bertz CT molecular complexity index is 594. The van der Waals surface area contributed by atoms with E-state index in [1.54, 1.807) is 13.8 Å². The number of hydrogen-bond donors (Lipinski definition) is 1. The number of aryl methyl sites for hydroxylation is 1. The lowest BCUT2D eigenvalue weighted by Crippen LogP contribution is -2.30. The van der Waals surface area contributed by atoms with Crippen molar-refractivity contribution in [3.63, 3.8) is 0 Å². The van der Waals surface area contributed by atoms with Gasteiger partial charge in [0.15, 0.2) is 0 Å². The third kappa shape index (κ3) is 2.62. The molecule has 2 rings (SSSR count). The molecule has 1 aliphatic rings. The van der Waals surface area contributed by atoms with Crippen LogP contribution in [0.4, 0.5) is 0 Å². The molecular formula is C11H17N3O3S. The topological polar surface area (TPSA) is 83.1 Å². The van der Waals surface area contributed by atoms with Crippen molar-refractivity contribution in [2.45, 2.75) is 26.2 Å². The summed E-state index contributed by atoms with van der Waals surface area (Å²) in [6.45, 7) is 4.29. The van der Waals surface area contributed by atoms with Gasteiger partial charge >= 0.3 is 0 Å². The van der Waals surface area contributed by atoms with Crippen molar-refractivity contribution in [2.75, 3.05) is 18.8 Å². The molecule has 1 aromatic heterocycles. The van der Waals surface area contributed by atoms with Gasteiger partial charge in [-0.3, -0.25) is 4.79 Å². The fourth-order valence-corrected chi connectivity index (χ4v) is 3.37. The third-order valence-electron chi connectivity index (χ3n) is 3.21. The minimum absolute atomic E-state index is 0.0207. The number of sulfonamides is 1. The zero-order valence-corrected chi connectivity index (χ0v) is 11.3.